The van der Waals surface area contributed by atoms with E-state index >= 15 is 0 Å². The van der Waals surface area contributed by atoms with E-state index in [9.17, 15) is 5.02 Å². The highest BCUT2D eigenvalue weighted by atomic mass is 16.5. The van der Waals surface area contributed by atoms with Crippen LogP contribution in [-0.2, 0) is 11.3 Å². The zero-order valence-electron chi connectivity index (χ0n) is 15.3. The van der Waals surface area contributed by atoms with Gasteiger partial charge < -0.3 is 19.2 Å². The molecule has 0 aliphatic carbocycles. The van der Waals surface area contributed by atoms with E-state index in [-0.39, 0.29) is 12.7 Å². The first-order valence-corrected chi connectivity index (χ1v) is 9.18. The van der Waals surface area contributed by atoms with Crippen LogP contribution in [0.25, 0.3) is 6.08 Å². The first-order valence-electron chi connectivity index (χ1n) is 9.18. The van der Waals surface area contributed by atoms with Crippen molar-refractivity contribution < 1.29 is 19.2 Å². The molecule has 0 fully saturated rings. The third-order valence-electron chi connectivity index (χ3n) is 4.53. The van der Waals surface area contributed by atoms with Crippen LogP contribution in [0.4, 0.5) is 0 Å². The maximum atomic E-state index is 9.84. The molecule has 1 aromatic heterocycles. The lowest BCUT2D eigenvalue weighted by atomic mass is 9.77. The minimum atomic E-state index is -0.728. The van der Waals surface area contributed by atoms with Crippen LogP contribution < -0.4 is 0 Å². The second-order valence-corrected chi connectivity index (χ2v) is 6.49. The van der Waals surface area contributed by atoms with Crippen molar-refractivity contribution in [2.45, 2.75) is 65.0 Å². The highest BCUT2D eigenvalue weighted by molar-refractivity contribution is 6.43. The molecule has 1 aliphatic rings. The molecular weight excluding hydrogens is 315 g/mol. The average molecular weight is 344 g/mol. The topological polar surface area (TPSA) is 62.8 Å². The minimum absolute atomic E-state index is 0.0853. The number of aliphatic hydroxyl groups is 1. The first kappa shape index (κ1) is 19.8. The summed E-state index contributed by atoms with van der Waals surface area (Å²) in [7, 11) is -0.728. The van der Waals surface area contributed by atoms with Crippen molar-refractivity contribution in [2.75, 3.05) is 0 Å². The lowest BCUT2D eigenvalue weighted by Crippen LogP contribution is -2.31. The minimum Gasteiger partial charge on any atom is -0.459 e. The van der Waals surface area contributed by atoms with Gasteiger partial charge in [0.25, 0.3) is 0 Å². The lowest BCUT2D eigenvalue weighted by Gasteiger charge is -2.28. The molecule has 136 valence electrons. The molecule has 0 saturated heterocycles. The third kappa shape index (κ3) is 5.74. The van der Waals surface area contributed by atoms with E-state index in [1.807, 2.05) is 6.07 Å². The molecule has 1 aromatic rings. The van der Waals surface area contributed by atoms with Crippen molar-refractivity contribution in [1.29, 1.82) is 0 Å². The van der Waals surface area contributed by atoms with Crippen molar-refractivity contribution in [3.05, 3.63) is 53.0 Å². The van der Waals surface area contributed by atoms with Crippen LogP contribution in [0.2, 0.25) is 6.32 Å². The summed E-state index contributed by atoms with van der Waals surface area (Å²) in [5.41, 5.74) is 3.49. The van der Waals surface area contributed by atoms with Crippen LogP contribution >= 0.6 is 0 Å². The molecule has 0 bridgehead atoms. The SMILES string of the molecule is C=C(CC)C1=CCB(O)OC1CC/C(=C/c1ccc(CO)o1)CCC. The van der Waals surface area contributed by atoms with Crippen molar-refractivity contribution in [3.8, 4) is 0 Å². The number of furan rings is 1. The van der Waals surface area contributed by atoms with Gasteiger partial charge in [0.15, 0.2) is 0 Å². The van der Waals surface area contributed by atoms with Crippen molar-refractivity contribution in [2.24, 2.45) is 0 Å². The zero-order valence-corrected chi connectivity index (χ0v) is 15.3. The molecule has 2 N–H and O–H groups in total. The van der Waals surface area contributed by atoms with Gasteiger partial charge in [0, 0.05) is 6.32 Å². The molecule has 2 rings (SSSR count). The molecule has 0 amide bonds. The van der Waals surface area contributed by atoms with Crippen LogP contribution in [0.1, 0.15) is 57.5 Å². The summed E-state index contributed by atoms with van der Waals surface area (Å²) in [5.74, 6) is 1.34. The van der Waals surface area contributed by atoms with Crippen LogP contribution in [0.5, 0.6) is 0 Å². The Morgan fingerprint density at radius 1 is 1.36 bits per heavy atom. The Morgan fingerprint density at radius 2 is 2.16 bits per heavy atom. The van der Waals surface area contributed by atoms with Gasteiger partial charge in [0.2, 0.25) is 0 Å². The van der Waals surface area contributed by atoms with E-state index in [0.717, 1.165) is 49.0 Å². The highest BCUT2D eigenvalue weighted by Crippen LogP contribution is 2.29. The fourth-order valence-electron chi connectivity index (χ4n) is 3.14. The Morgan fingerprint density at radius 3 is 2.80 bits per heavy atom. The van der Waals surface area contributed by atoms with Gasteiger partial charge in [-0.25, -0.2) is 0 Å². The largest absolute Gasteiger partial charge is 0.459 e. The summed E-state index contributed by atoms with van der Waals surface area (Å²) in [4.78, 5) is 0. The zero-order chi connectivity index (χ0) is 18.2. The predicted molar refractivity (Wildman–Crippen MR) is 102 cm³/mol. The molecule has 0 saturated carbocycles. The first-order chi connectivity index (χ1) is 12.1. The number of allylic oxidation sites excluding steroid dienone is 2. The monoisotopic (exact) mass is 344 g/mol. The highest BCUT2D eigenvalue weighted by Gasteiger charge is 2.27. The second kappa shape index (κ2) is 9.81. The molecular formula is C20H29BO4. The summed E-state index contributed by atoms with van der Waals surface area (Å²) in [6, 6.07) is 3.68. The molecule has 0 spiro atoms. The molecule has 1 aliphatic heterocycles. The summed E-state index contributed by atoms with van der Waals surface area (Å²) < 4.78 is 11.3. The predicted octanol–water partition coefficient (Wildman–Crippen LogP) is 4.51. The second-order valence-electron chi connectivity index (χ2n) is 6.49. The third-order valence-corrected chi connectivity index (χ3v) is 4.53. The Balaban J connectivity index is 2.07. The Labute approximate surface area is 151 Å². The Bertz CT molecular complexity index is 629. The van der Waals surface area contributed by atoms with Gasteiger partial charge in [-0.05, 0) is 49.5 Å². The maximum absolute atomic E-state index is 9.84. The van der Waals surface area contributed by atoms with Crippen molar-refractivity contribution in [3.63, 3.8) is 0 Å². The molecule has 1 atom stereocenters. The van der Waals surface area contributed by atoms with Gasteiger partial charge in [0.05, 0.1) is 6.10 Å². The molecule has 0 aromatic carbocycles. The number of aliphatic hydroxyl groups excluding tert-OH is 1. The summed E-state index contributed by atoms with van der Waals surface area (Å²) in [6.07, 6.45) is 9.13. The average Bonchev–Trinajstić information content (AvgIpc) is 3.07. The van der Waals surface area contributed by atoms with Gasteiger partial charge in [-0.1, -0.05) is 44.1 Å². The molecule has 5 heteroatoms. The van der Waals surface area contributed by atoms with Crippen LogP contribution in [0.15, 0.2) is 45.9 Å². The molecule has 25 heavy (non-hydrogen) atoms. The van der Waals surface area contributed by atoms with Gasteiger partial charge in [-0.2, -0.15) is 0 Å². The Kier molecular flexibility index (Phi) is 7.75. The van der Waals surface area contributed by atoms with Gasteiger partial charge in [0.1, 0.15) is 18.1 Å². The van der Waals surface area contributed by atoms with Crippen molar-refractivity contribution in [1.82, 2.24) is 0 Å². The van der Waals surface area contributed by atoms with Crippen LogP contribution in [0.3, 0.4) is 0 Å². The number of hydrogen-bond acceptors (Lipinski definition) is 4. The smallest absolute Gasteiger partial charge is 0.458 e. The van der Waals surface area contributed by atoms with Gasteiger partial charge in [-0.3, -0.25) is 0 Å². The molecule has 2 heterocycles. The summed E-state index contributed by atoms with van der Waals surface area (Å²) in [6.45, 7) is 8.29. The molecule has 0 radical (unpaired) electrons. The quantitative estimate of drug-likeness (QED) is 0.647. The van der Waals surface area contributed by atoms with E-state index < -0.39 is 7.12 Å². The summed E-state index contributed by atoms with van der Waals surface area (Å²) in [5, 5.41) is 19.0. The van der Waals surface area contributed by atoms with E-state index in [4.69, 9.17) is 14.2 Å². The fourth-order valence-corrected chi connectivity index (χ4v) is 3.14. The normalized spacial score (nSPS) is 18.4. The van der Waals surface area contributed by atoms with E-state index in [1.54, 1.807) is 6.07 Å². The molecule has 4 nitrogen and oxygen atoms in total. The van der Waals surface area contributed by atoms with Crippen LogP contribution in [0, 0.1) is 0 Å². The number of hydrogen-bond donors (Lipinski definition) is 2. The van der Waals surface area contributed by atoms with Gasteiger partial charge >= 0.3 is 7.12 Å². The molecule has 1 unspecified atom stereocenters. The van der Waals surface area contributed by atoms with Crippen LogP contribution in [-0.4, -0.2) is 23.4 Å². The van der Waals surface area contributed by atoms with E-state index in [1.165, 1.54) is 5.57 Å². The van der Waals surface area contributed by atoms with Gasteiger partial charge in [-0.15, -0.1) is 0 Å². The standard InChI is InChI=1S/C20H29BO4/c1-4-6-16(13-17-8-9-18(14-22)24-17)7-10-20-19(15(3)5-2)11-12-21(23)25-20/h8-9,11,13,20,22-23H,3-7,10,12,14H2,1-2H3/b16-13+. The Hall–Kier alpha value is -1.56. The van der Waals surface area contributed by atoms with E-state index in [2.05, 4.69) is 32.6 Å². The maximum Gasteiger partial charge on any atom is 0.458 e. The van der Waals surface area contributed by atoms with Crippen molar-refractivity contribution >= 4 is 13.2 Å². The fraction of sp³-hybridized carbons (Fsp3) is 0.500. The number of rotatable bonds is 9. The van der Waals surface area contributed by atoms with E-state index in [0.29, 0.717) is 12.1 Å². The summed E-state index contributed by atoms with van der Waals surface area (Å²) >= 11 is 0. The lowest BCUT2D eigenvalue weighted by molar-refractivity contribution is 0.182.